The van der Waals surface area contributed by atoms with Gasteiger partial charge in [0.2, 0.25) is 11.8 Å². The molecule has 3 aliphatic heterocycles. The minimum Gasteiger partial charge on any atom is -0.496 e. The second kappa shape index (κ2) is 14.7. The number of ether oxygens (including phenoxy) is 1. The fraction of sp³-hybridized carbons (Fsp3) is 0.436. The maximum atomic E-state index is 12.7. The molecule has 2 aromatic carbocycles. The average Bonchev–Trinajstić information content (AvgIpc) is 3.12. The third-order valence-corrected chi connectivity index (χ3v) is 11.7. The minimum atomic E-state index is -0.186. The van der Waals surface area contributed by atoms with Crippen LogP contribution >= 0.6 is 23.2 Å². The Kier molecular flexibility index (Phi) is 10.2. The third kappa shape index (κ3) is 7.13. The molecule has 2 amide bonds. The van der Waals surface area contributed by atoms with Crippen molar-refractivity contribution >= 4 is 51.5 Å². The Balaban J connectivity index is 0.942. The summed E-state index contributed by atoms with van der Waals surface area (Å²) in [5, 5.41) is 5.25. The van der Waals surface area contributed by atoms with E-state index in [1.54, 1.807) is 31.1 Å². The van der Waals surface area contributed by atoms with Gasteiger partial charge in [-0.05, 0) is 110 Å². The first kappa shape index (κ1) is 34.5. The number of carbonyl (C=O) groups excluding carboxylic acids is 2. The van der Waals surface area contributed by atoms with Crippen LogP contribution in [0.3, 0.4) is 0 Å². The van der Waals surface area contributed by atoms with E-state index >= 15 is 0 Å². The molecule has 0 bridgehead atoms. The summed E-state index contributed by atoms with van der Waals surface area (Å²) < 4.78 is 7.47. The summed E-state index contributed by atoms with van der Waals surface area (Å²) in [4.78, 5) is 45.5. The summed E-state index contributed by atoms with van der Waals surface area (Å²) in [6.07, 6.45) is 11.4. The van der Waals surface area contributed by atoms with Crippen LogP contribution in [0.1, 0.15) is 49.7 Å². The highest BCUT2D eigenvalue weighted by molar-refractivity contribution is 6.33. The number of likely N-dealkylation sites (tertiary alicyclic amines) is 1. The molecule has 50 heavy (non-hydrogen) atoms. The van der Waals surface area contributed by atoms with Crippen LogP contribution in [0, 0.1) is 17.8 Å². The smallest absolute Gasteiger partial charge is 0.259 e. The maximum Gasteiger partial charge on any atom is 0.259 e. The predicted molar refractivity (Wildman–Crippen MR) is 198 cm³/mol. The Morgan fingerprint density at radius 1 is 0.900 bits per heavy atom. The van der Waals surface area contributed by atoms with E-state index in [4.69, 9.17) is 27.9 Å². The lowest BCUT2D eigenvalue weighted by Crippen LogP contribution is -2.41. The van der Waals surface area contributed by atoms with E-state index in [9.17, 15) is 14.4 Å². The molecule has 262 valence electrons. The molecular formula is C39H43Cl2N5O4. The van der Waals surface area contributed by atoms with Gasteiger partial charge in [-0.2, -0.15) is 0 Å². The van der Waals surface area contributed by atoms with Crippen LogP contribution in [-0.4, -0.2) is 59.6 Å². The summed E-state index contributed by atoms with van der Waals surface area (Å²) >= 11 is 13.7. The third-order valence-electron chi connectivity index (χ3n) is 11.1. The highest BCUT2D eigenvalue weighted by atomic mass is 35.5. The van der Waals surface area contributed by atoms with Gasteiger partial charge in [0.1, 0.15) is 5.75 Å². The number of halogens is 2. The number of fused-ring (bicyclic) bond motifs is 1. The summed E-state index contributed by atoms with van der Waals surface area (Å²) in [6.45, 7) is 4.73. The highest BCUT2D eigenvalue weighted by Gasteiger charge is 2.31. The molecule has 4 aromatic rings. The summed E-state index contributed by atoms with van der Waals surface area (Å²) in [7, 11) is 3.44. The lowest BCUT2D eigenvalue weighted by molar-refractivity contribution is -0.136. The normalized spacial score (nSPS) is 19.6. The minimum absolute atomic E-state index is 0.0833. The fourth-order valence-electron chi connectivity index (χ4n) is 8.21. The van der Waals surface area contributed by atoms with Crippen LogP contribution in [0.2, 0.25) is 10.0 Å². The number of piperidine rings is 3. The number of methoxy groups -OCH3 is 1. The zero-order chi connectivity index (χ0) is 34.9. The van der Waals surface area contributed by atoms with Crippen molar-refractivity contribution in [3.63, 3.8) is 0 Å². The fourth-order valence-corrected chi connectivity index (χ4v) is 8.81. The predicted octanol–water partition coefficient (Wildman–Crippen LogP) is 6.64. The number of carbonyl (C=O) groups is 2. The van der Waals surface area contributed by atoms with E-state index in [0.717, 1.165) is 103 Å². The van der Waals surface area contributed by atoms with Gasteiger partial charge >= 0.3 is 0 Å². The van der Waals surface area contributed by atoms with Gasteiger partial charge in [0, 0.05) is 73.8 Å². The zero-order valence-electron chi connectivity index (χ0n) is 28.6. The first-order valence-electron chi connectivity index (χ1n) is 17.6. The molecule has 5 heterocycles. The second-order valence-corrected chi connectivity index (χ2v) is 14.9. The van der Waals surface area contributed by atoms with Gasteiger partial charge in [-0.1, -0.05) is 29.3 Å². The Hall–Kier alpha value is -3.92. The number of hydrogen-bond donors (Lipinski definition) is 1. The SMILES string of the molecule is COc1cc(-c2cn(C)c(=O)c3cnccc23)cc(Cl)c1CN1CCC(C2CCN(c3ccc(CC4CCC(=O)NC4=O)cc3Cl)CC2)CC1. The van der Waals surface area contributed by atoms with E-state index in [2.05, 4.69) is 32.2 Å². The number of nitrogens with zero attached hydrogens (tertiary/aromatic N) is 4. The van der Waals surface area contributed by atoms with Crippen molar-refractivity contribution in [1.29, 1.82) is 0 Å². The van der Waals surface area contributed by atoms with Gasteiger partial charge in [0.05, 0.1) is 23.2 Å². The van der Waals surface area contributed by atoms with E-state index < -0.39 is 0 Å². The average molecular weight is 717 g/mol. The molecule has 1 atom stereocenters. The zero-order valence-corrected chi connectivity index (χ0v) is 30.1. The lowest BCUT2D eigenvalue weighted by Gasteiger charge is -2.41. The number of aromatic nitrogens is 2. The largest absolute Gasteiger partial charge is 0.496 e. The summed E-state index contributed by atoms with van der Waals surface area (Å²) in [6, 6.07) is 12.0. The first-order valence-corrected chi connectivity index (χ1v) is 18.3. The standard InChI is InChI=1S/C39H43Cl2N5O4/c1-44-22-31(29-7-12-42-21-30(29)39(44)49)28-19-33(40)32(36(20-28)50-2)23-45-13-8-25(9-14-45)26-10-15-46(16-11-26)35-5-3-24(18-34(35)41)17-27-4-6-37(47)43-38(27)48/h3,5,7,12,18-22,25-27H,4,6,8-11,13-17,23H2,1-2H3,(H,43,47,48). The van der Waals surface area contributed by atoms with Gasteiger partial charge in [0.15, 0.2) is 0 Å². The second-order valence-electron chi connectivity index (χ2n) is 14.1. The van der Waals surface area contributed by atoms with Crippen molar-refractivity contribution in [3.05, 3.63) is 86.5 Å². The number of benzene rings is 2. The van der Waals surface area contributed by atoms with Gasteiger partial charge in [-0.3, -0.25) is 29.6 Å². The van der Waals surface area contributed by atoms with Gasteiger partial charge in [-0.25, -0.2) is 0 Å². The molecule has 0 radical (unpaired) electrons. The van der Waals surface area contributed by atoms with E-state index in [1.165, 1.54) is 0 Å². The first-order chi connectivity index (χ1) is 24.2. The number of amides is 2. The quantitative estimate of drug-likeness (QED) is 0.204. The van der Waals surface area contributed by atoms with Crippen LogP contribution in [0.15, 0.2) is 59.8 Å². The van der Waals surface area contributed by atoms with E-state index in [-0.39, 0.29) is 23.3 Å². The topological polar surface area (TPSA) is 96.8 Å². The molecule has 2 aromatic heterocycles. The van der Waals surface area contributed by atoms with Crippen molar-refractivity contribution in [1.82, 2.24) is 19.8 Å². The van der Waals surface area contributed by atoms with E-state index in [1.807, 2.05) is 30.5 Å². The number of pyridine rings is 2. The van der Waals surface area contributed by atoms with Crippen LogP contribution < -0.4 is 20.5 Å². The maximum absolute atomic E-state index is 12.7. The number of nitrogens with one attached hydrogen (secondary N) is 1. The van der Waals surface area contributed by atoms with Gasteiger partial charge < -0.3 is 14.2 Å². The monoisotopic (exact) mass is 715 g/mol. The van der Waals surface area contributed by atoms with Crippen LogP contribution in [-0.2, 0) is 29.6 Å². The molecule has 9 nitrogen and oxygen atoms in total. The number of anilines is 1. The summed E-state index contributed by atoms with van der Waals surface area (Å²) in [5.74, 6) is 1.59. The number of aryl methyl sites for hydroxylation is 1. The number of imide groups is 1. The van der Waals surface area contributed by atoms with Crippen molar-refractivity contribution in [2.75, 3.05) is 38.2 Å². The molecule has 0 saturated carbocycles. The molecule has 3 aliphatic rings. The Morgan fingerprint density at radius 3 is 2.34 bits per heavy atom. The number of rotatable bonds is 8. The van der Waals surface area contributed by atoms with Crippen molar-refractivity contribution < 1.29 is 14.3 Å². The molecule has 0 spiro atoms. The van der Waals surface area contributed by atoms with Gasteiger partial charge in [-0.15, -0.1) is 0 Å². The highest BCUT2D eigenvalue weighted by Crippen LogP contribution is 2.39. The molecule has 1 unspecified atom stereocenters. The molecule has 11 heteroatoms. The molecule has 0 aliphatic carbocycles. The van der Waals surface area contributed by atoms with Crippen molar-refractivity contribution in [2.24, 2.45) is 24.8 Å². The molecular weight excluding hydrogens is 673 g/mol. The lowest BCUT2D eigenvalue weighted by atomic mass is 9.78. The van der Waals surface area contributed by atoms with Gasteiger partial charge in [0.25, 0.3) is 5.56 Å². The van der Waals surface area contributed by atoms with E-state index in [0.29, 0.717) is 41.5 Å². The Morgan fingerprint density at radius 2 is 1.64 bits per heavy atom. The molecule has 3 saturated heterocycles. The molecule has 1 N–H and O–H groups in total. The van der Waals surface area contributed by atoms with Crippen LogP contribution in [0.4, 0.5) is 5.69 Å². The number of hydrogen-bond acceptors (Lipinski definition) is 7. The van der Waals surface area contributed by atoms with Crippen molar-refractivity contribution in [3.8, 4) is 16.9 Å². The van der Waals surface area contributed by atoms with Crippen LogP contribution in [0.5, 0.6) is 5.75 Å². The molecule has 7 rings (SSSR count). The van der Waals surface area contributed by atoms with Crippen LogP contribution in [0.25, 0.3) is 21.9 Å². The Bertz CT molecular complexity index is 1980. The Labute approximate surface area is 302 Å². The summed E-state index contributed by atoms with van der Waals surface area (Å²) in [5.41, 5.74) is 4.80. The van der Waals surface area contributed by atoms with Crippen molar-refractivity contribution in [2.45, 2.75) is 51.5 Å². The molecule has 3 fully saturated rings.